The third-order valence-corrected chi connectivity index (χ3v) is 6.24. The number of hydrogen-bond acceptors (Lipinski definition) is 4. The summed E-state index contributed by atoms with van der Waals surface area (Å²) in [5.41, 5.74) is 2.75. The second kappa shape index (κ2) is 9.81. The summed E-state index contributed by atoms with van der Waals surface area (Å²) in [4.78, 5) is 17.7. The molecule has 1 atom stereocenters. The summed E-state index contributed by atoms with van der Waals surface area (Å²) >= 11 is 6.26. The Balaban J connectivity index is 1.43. The third kappa shape index (κ3) is 5.09. The molecule has 2 aromatic carbocycles. The summed E-state index contributed by atoms with van der Waals surface area (Å²) in [5, 5.41) is 9.52. The first kappa shape index (κ1) is 21.8. The van der Waals surface area contributed by atoms with Gasteiger partial charge in [-0.2, -0.15) is 5.10 Å². The molecule has 1 amide bonds. The van der Waals surface area contributed by atoms with E-state index in [1.165, 1.54) is 0 Å². The largest absolute Gasteiger partial charge is 0.354 e. The molecule has 164 valence electrons. The molecule has 0 saturated carbocycles. The lowest BCUT2D eigenvalue weighted by Crippen LogP contribution is -2.45. The second-order valence-corrected chi connectivity index (χ2v) is 8.72. The monoisotopic (exact) mass is 439 g/mol. The molecule has 6 nitrogen and oxygen atoms in total. The maximum Gasteiger partial charge on any atom is 0.244 e. The van der Waals surface area contributed by atoms with Crippen molar-refractivity contribution in [2.75, 3.05) is 46.3 Å². The minimum absolute atomic E-state index is 0.0164. The molecule has 1 fully saturated rings. The van der Waals surface area contributed by atoms with Gasteiger partial charge < -0.3 is 15.1 Å². The Morgan fingerprint density at radius 1 is 1.13 bits per heavy atom. The molecule has 2 heterocycles. The standard InChI is InChI=1S/C24H30ClN5O/c1-18(24(31)26-11-6-12-29-15-13-28(2)14-16-29)30-22-10-9-20(25)17-21(22)23(27-30)19-7-4-3-5-8-19/h3-5,7-10,17-18H,6,11-16H2,1-2H3,(H,26,31)/t18-/m1/s1. The van der Waals surface area contributed by atoms with E-state index in [1.807, 2.05) is 60.1 Å². The first-order chi connectivity index (χ1) is 15.0. The fourth-order valence-electron chi connectivity index (χ4n) is 4.06. The number of carbonyl (C=O) groups is 1. The van der Waals surface area contributed by atoms with Gasteiger partial charge in [0.2, 0.25) is 5.91 Å². The second-order valence-electron chi connectivity index (χ2n) is 8.29. The molecule has 1 N–H and O–H groups in total. The van der Waals surface area contributed by atoms with Crippen LogP contribution in [0.25, 0.3) is 22.2 Å². The average Bonchev–Trinajstić information content (AvgIpc) is 3.16. The van der Waals surface area contributed by atoms with E-state index >= 15 is 0 Å². The van der Waals surface area contributed by atoms with Gasteiger partial charge in [-0.15, -0.1) is 0 Å². The fourth-order valence-corrected chi connectivity index (χ4v) is 4.23. The van der Waals surface area contributed by atoms with E-state index < -0.39 is 6.04 Å². The van der Waals surface area contributed by atoms with E-state index in [0.717, 1.165) is 61.3 Å². The molecular weight excluding hydrogens is 410 g/mol. The Morgan fingerprint density at radius 2 is 1.87 bits per heavy atom. The lowest BCUT2D eigenvalue weighted by atomic mass is 10.1. The van der Waals surface area contributed by atoms with E-state index in [-0.39, 0.29) is 5.91 Å². The Labute approximate surface area is 188 Å². The van der Waals surface area contributed by atoms with Crippen LogP contribution in [-0.4, -0.2) is 71.8 Å². The van der Waals surface area contributed by atoms with E-state index in [4.69, 9.17) is 16.7 Å². The van der Waals surface area contributed by atoms with Crippen molar-refractivity contribution in [3.63, 3.8) is 0 Å². The molecule has 1 aromatic heterocycles. The van der Waals surface area contributed by atoms with Crippen molar-refractivity contribution < 1.29 is 4.79 Å². The Bertz CT molecular complexity index is 1030. The lowest BCUT2D eigenvalue weighted by molar-refractivity contribution is -0.124. The molecular formula is C24H30ClN5O. The number of nitrogens with one attached hydrogen (secondary N) is 1. The minimum atomic E-state index is -0.412. The van der Waals surface area contributed by atoms with Crippen LogP contribution in [0.3, 0.4) is 0 Å². The topological polar surface area (TPSA) is 53.4 Å². The maximum absolute atomic E-state index is 12.9. The molecule has 0 aliphatic carbocycles. The zero-order chi connectivity index (χ0) is 21.8. The predicted octanol–water partition coefficient (Wildman–Crippen LogP) is 3.67. The molecule has 1 saturated heterocycles. The number of fused-ring (bicyclic) bond motifs is 1. The van der Waals surface area contributed by atoms with E-state index in [0.29, 0.717) is 11.6 Å². The Kier molecular flexibility index (Phi) is 6.90. The van der Waals surface area contributed by atoms with Crippen LogP contribution >= 0.6 is 11.6 Å². The van der Waals surface area contributed by atoms with Crippen LogP contribution in [-0.2, 0) is 4.79 Å². The Hall–Kier alpha value is -2.41. The SMILES string of the molecule is C[C@H](C(=O)NCCCN1CCN(C)CC1)n1nc(-c2ccccc2)c2cc(Cl)ccc21. The number of carbonyl (C=O) groups excluding carboxylic acids is 1. The van der Waals surface area contributed by atoms with E-state index in [1.54, 1.807) is 0 Å². The van der Waals surface area contributed by atoms with Gasteiger partial charge >= 0.3 is 0 Å². The normalized spacial score (nSPS) is 16.5. The summed E-state index contributed by atoms with van der Waals surface area (Å²) in [6, 6.07) is 15.3. The molecule has 0 unspecified atom stereocenters. The first-order valence-corrected chi connectivity index (χ1v) is 11.3. The smallest absolute Gasteiger partial charge is 0.244 e. The molecule has 1 aliphatic heterocycles. The molecule has 0 spiro atoms. The Morgan fingerprint density at radius 3 is 2.61 bits per heavy atom. The maximum atomic E-state index is 12.9. The predicted molar refractivity (Wildman–Crippen MR) is 126 cm³/mol. The number of aromatic nitrogens is 2. The summed E-state index contributed by atoms with van der Waals surface area (Å²) < 4.78 is 1.81. The zero-order valence-electron chi connectivity index (χ0n) is 18.2. The van der Waals surface area contributed by atoms with Gasteiger partial charge in [0, 0.05) is 48.7 Å². The molecule has 7 heteroatoms. The highest BCUT2D eigenvalue weighted by atomic mass is 35.5. The quantitative estimate of drug-likeness (QED) is 0.571. The van der Waals surface area contributed by atoms with Crippen molar-refractivity contribution in [3.8, 4) is 11.3 Å². The number of benzene rings is 2. The van der Waals surface area contributed by atoms with Crippen LogP contribution in [0.1, 0.15) is 19.4 Å². The van der Waals surface area contributed by atoms with E-state index in [9.17, 15) is 4.79 Å². The van der Waals surface area contributed by atoms with Gasteiger partial charge in [0.05, 0.1) is 5.52 Å². The van der Waals surface area contributed by atoms with Gasteiger partial charge in [0.15, 0.2) is 0 Å². The van der Waals surface area contributed by atoms with Crippen LogP contribution in [0.4, 0.5) is 0 Å². The van der Waals surface area contributed by atoms with Crippen LogP contribution < -0.4 is 5.32 Å². The minimum Gasteiger partial charge on any atom is -0.354 e. The van der Waals surface area contributed by atoms with Gasteiger partial charge in [0.1, 0.15) is 11.7 Å². The number of amides is 1. The molecule has 0 radical (unpaired) electrons. The van der Waals surface area contributed by atoms with Crippen molar-refractivity contribution in [1.82, 2.24) is 24.9 Å². The van der Waals surface area contributed by atoms with Gasteiger partial charge in [-0.1, -0.05) is 41.9 Å². The summed E-state index contributed by atoms with van der Waals surface area (Å²) in [7, 11) is 2.16. The number of rotatable bonds is 7. The van der Waals surface area contributed by atoms with Gasteiger partial charge in [-0.25, -0.2) is 0 Å². The fraction of sp³-hybridized carbons (Fsp3) is 0.417. The summed E-state index contributed by atoms with van der Waals surface area (Å²) in [6.45, 7) is 8.02. The van der Waals surface area contributed by atoms with Gasteiger partial charge in [-0.05, 0) is 45.1 Å². The van der Waals surface area contributed by atoms with Crippen molar-refractivity contribution >= 4 is 28.4 Å². The van der Waals surface area contributed by atoms with Crippen molar-refractivity contribution in [2.24, 2.45) is 0 Å². The number of nitrogens with zero attached hydrogens (tertiary/aromatic N) is 4. The molecule has 0 bridgehead atoms. The van der Waals surface area contributed by atoms with Crippen molar-refractivity contribution in [1.29, 1.82) is 0 Å². The molecule has 31 heavy (non-hydrogen) atoms. The summed E-state index contributed by atoms with van der Waals surface area (Å²) in [6.07, 6.45) is 0.951. The van der Waals surface area contributed by atoms with Gasteiger partial charge in [0.25, 0.3) is 0 Å². The van der Waals surface area contributed by atoms with Crippen molar-refractivity contribution in [2.45, 2.75) is 19.4 Å². The molecule has 4 rings (SSSR count). The lowest BCUT2D eigenvalue weighted by Gasteiger charge is -2.32. The van der Waals surface area contributed by atoms with Gasteiger partial charge in [-0.3, -0.25) is 9.48 Å². The van der Waals surface area contributed by atoms with Crippen LogP contribution in [0.2, 0.25) is 5.02 Å². The number of likely N-dealkylation sites (N-methyl/N-ethyl adjacent to an activating group) is 1. The zero-order valence-corrected chi connectivity index (χ0v) is 19.0. The third-order valence-electron chi connectivity index (χ3n) is 6.01. The van der Waals surface area contributed by atoms with E-state index in [2.05, 4.69) is 22.2 Å². The summed E-state index contributed by atoms with van der Waals surface area (Å²) in [5.74, 6) is -0.0164. The number of piperazine rings is 1. The highest BCUT2D eigenvalue weighted by Gasteiger charge is 2.21. The highest BCUT2D eigenvalue weighted by Crippen LogP contribution is 2.31. The number of halogens is 1. The first-order valence-electron chi connectivity index (χ1n) is 10.9. The van der Waals surface area contributed by atoms with Crippen LogP contribution in [0, 0.1) is 0 Å². The van der Waals surface area contributed by atoms with Crippen LogP contribution in [0.5, 0.6) is 0 Å². The molecule has 1 aliphatic rings. The average molecular weight is 440 g/mol. The molecule has 3 aromatic rings. The highest BCUT2D eigenvalue weighted by molar-refractivity contribution is 6.31. The number of hydrogen-bond donors (Lipinski definition) is 1. The van der Waals surface area contributed by atoms with Crippen molar-refractivity contribution in [3.05, 3.63) is 53.6 Å². The van der Waals surface area contributed by atoms with Crippen LogP contribution in [0.15, 0.2) is 48.5 Å².